The Bertz CT molecular complexity index is 129. The summed E-state index contributed by atoms with van der Waals surface area (Å²) in [6.07, 6.45) is 13.3. The van der Waals surface area contributed by atoms with Crippen LogP contribution in [0.15, 0.2) is 12.2 Å². The summed E-state index contributed by atoms with van der Waals surface area (Å²) < 4.78 is 0. The maximum atomic E-state index is 2.41. The fraction of sp³-hybridized carbons (Fsp3) is 0.833. The van der Waals surface area contributed by atoms with Gasteiger partial charge in [0.05, 0.1) is 0 Å². The molecule has 1 unspecified atom stereocenters. The molecule has 0 aromatic heterocycles. The van der Waals surface area contributed by atoms with Crippen molar-refractivity contribution in [2.45, 2.75) is 52.4 Å². The molecular weight excluding hydrogens is 144 g/mol. The van der Waals surface area contributed by atoms with Crippen molar-refractivity contribution >= 4 is 0 Å². The molecule has 1 fully saturated rings. The highest BCUT2D eigenvalue weighted by atomic mass is 14.2. The van der Waals surface area contributed by atoms with Crippen LogP contribution >= 0.6 is 0 Å². The summed E-state index contributed by atoms with van der Waals surface area (Å²) in [4.78, 5) is 0. The maximum Gasteiger partial charge on any atom is -0.0234 e. The van der Waals surface area contributed by atoms with Crippen LogP contribution in [0.5, 0.6) is 0 Å². The molecule has 0 spiro atoms. The van der Waals surface area contributed by atoms with Crippen molar-refractivity contribution in [3.63, 3.8) is 0 Å². The zero-order valence-corrected chi connectivity index (χ0v) is 8.55. The summed E-state index contributed by atoms with van der Waals surface area (Å²) in [5, 5.41) is 0. The van der Waals surface area contributed by atoms with Gasteiger partial charge in [-0.3, -0.25) is 0 Å². The van der Waals surface area contributed by atoms with E-state index in [1.165, 1.54) is 38.5 Å². The molecule has 70 valence electrons. The van der Waals surface area contributed by atoms with Gasteiger partial charge >= 0.3 is 0 Å². The zero-order chi connectivity index (χ0) is 8.81. The molecule has 0 radical (unpaired) electrons. The van der Waals surface area contributed by atoms with Gasteiger partial charge in [-0.2, -0.15) is 0 Å². The maximum absolute atomic E-state index is 2.41. The Labute approximate surface area is 77.1 Å². The van der Waals surface area contributed by atoms with E-state index in [0.717, 1.165) is 11.8 Å². The standard InChI is InChI=1S/C12H22/c1-3-4-8-11(2)12-9-6-5-7-10-12/h4,8,11-12H,3,5-7,9-10H2,1-2H3/b8-4+. The van der Waals surface area contributed by atoms with Gasteiger partial charge in [-0.05, 0) is 31.1 Å². The van der Waals surface area contributed by atoms with E-state index in [9.17, 15) is 0 Å². The van der Waals surface area contributed by atoms with E-state index in [2.05, 4.69) is 26.0 Å². The van der Waals surface area contributed by atoms with E-state index in [0.29, 0.717) is 0 Å². The van der Waals surface area contributed by atoms with Gasteiger partial charge in [-0.25, -0.2) is 0 Å². The summed E-state index contributed by atoms with van der Waals surface area (Å²) in [5.74, 6) is 1.81. The van der Waals surface area contributed by atoms with Crippen molar-refractivity contribution in [1.82, 2.24) is 0 Å². The number of rotatable bonds is 3. The predicted molar refractivity (Wildman–Crippen MR) is 55.2 cm³/mol. The van der Waals surface area contributed by atoms with Crippen LogP contribution < -0.4 is 0 Å². The second-order valence-electron chi connectivity index (χ2n) is 4.09. The first kappa shape index (κ1) is 9.83. The van der Waals surface area contributed by atoms with E-state index >= 15 is 0 Å². The average molecular weight is 166 g/mol. The summed E-state index contributed by atoms with van der Waals surface area (Å²) >= 11 is 0. The lowest BCUT2D eigenvalue weighted by Gasteiger charge is -2.25. The minimum atomic E-state index is 0.824. The summed E-state index contributed by atoms with van der Waals surface area (Å²) in [5.41, 5.74) is 0. The van der Waals surface area contributed by atoms with Crippen LogP contribution in [0.3, 0.4) is 0 Å². The van der Waals surface area contributed by atoms with Crippen molar-refractivity contribution in [1.29, 1.82) is 0 Å². The molecule has 0 amide bonds. The summed E-state index contributed by atoms with van der Waals surface area (Å²) in [6, 6.07) is 0. The Morgan fingerprint density at radius 1 is 1.25 bits per heavy atom. The molecule has 1 aliphatic rings. The zero-order valence-electron chi connectivity index (χ0n) is 8.55. The number of hydrogen-bond donors (Lipinski definition) is 0. The average Bonchev–Trinajstić information content (AvgIpc) is 2.15. The van der Waals surface area contributed by atoms with E-state index in [1.54, 1.807) is 0 Å². The molecule has 0 N–H and O–H groups in total. The van der Waals surface area contributed by atoms with Crippen LogP contribution in [-0.4, -0.2) is 0 Å². The molecular formula is C12H22. The van der Waals surface area contributed by atoms with E-state index in [-0.39, 0.29) is 0 Å². The minimum absolute atomic E-state index is 0.824. The van der Waals surface area contributed by atoms with Crippen molar-refractivity contribution in [3.05, 3.63) is 12.2 Å². The lowest BCUT2D eigenvalue weighted by atomic mass is 9.81. The van der Waals surface area contributed by atoms with Gasteiger partial charge in [0, 0.05) is 0 Å². The Hall–Kier alpha value is -0.260. The Morgan fingerprint density at radius 3 is 2.50 bits per heavy atom. The largest absolute Gasteiger partial charge is 0.0885 e. The molecule has 0 saturated heterocycles. The fourth-order valence-corrected chi connectivity index (χ4v) is 2.17. The topological polar surface area (TPSA) is 0 Å². The van der Waals surface area contributed by atoms with Crippen LogP contribution in [-0.2, 0) is 0 Å². The molecule has 1 atom stereocenters. The van der Waals surface area contributed by atoms with Gasteiger partial charge in [0.2, 0.25) is 0 Å². The number of hydrogen-bond acceptors (Lipinski definition) is 0. The van der Waals surface area contributed by atoms with E-state index < -0.39 is 0 Å². The summed E-state index contributed by atoms with van der Waals surface area (Å²) in [6.45, 7) is 4.59. The lowest BCUT2D eigenvalue weighted by molar-refractivity contribution is 0.299. The van der Waals surface area contributed by atoms with Crippen LogP contribution in [0.4, 0.5) is 0 Å². The van der Waals surface area contributed by atoms with Gasteiger partial charge in [0.25, 0.3) is 0 Å². The van der Waals surface area contributed by atoms with Gasteiger partial charge in [-0.1, -0.05) is 45.3 Å². The Balaban J connectivity index is 2.29. The predicted octanol–water partition coefficient (Wildman–Crippen LogP) is 4.17. The highest BCUT2D eigenvalue weighted by molar-refractivity contribution is 4.89. The molecule has 0 heterocycles. The third-order valence-electron chi connectivity index (χ3n) is 3.07. The van der Waals surface area contributed by atoms with Crippen molar-refractivity contribution in [2.75, 3.05) is 0 Å². The first-order valence-electron chi connectivity index (χ1n) is 5.51. The van der Waals surface area contributed by atoms with Crippen molar-refractivity contribution in [3.8, 4) is 0 Å². The molecule has 0 aliphatic heterocycles. The van der Waals surface area contributed by atoms with Crippen LogP contribution in [0.25, 0.3) is 0 Å². The number of allylic oxidation sites excluding steroid dienone is 2. The van der Waals surface area contributed by atoms with Gasteiger partial charge in [-0.15, -0.1) is 0 Å². The minimum Gasteiger partial charge on any atom is -0.0885 e. The quantitative estimate of drug-likeness (QED) is 0.552. The molecule has 0 bridgehead atoms. The third-order valence-corrected chi connectivity index (χ3v) is 3.07. The normalized spacial score (nSPS) is 23.2. The Morgan fingerprint density at radius 2 is 1.92 bits per heavy atom. The second kappa shape index (κ2) is 5.40. The third kappa shape index (κ3) is 3.00. The molecule has 0 nitrogen and oxygen atoms in total. The lowest BCUT2D eigenvalue weighted by Crippen LogP contribution is -2.13. The molecule has 12 heavy (non-hydrogen) atoms. The Kier molecular flexibility index (Phi) is 4.42. The SMILES string of the molecule is CC/C=C/C(C)C1CCCCC1. The smallest absolute Gasteiger partial charge is 0.0234 e. The summed E-state index contributed by atoms with van der Waals surface area (Å²) in [7, 11) is 0. The highest BCUT2D eigenvalue weighted by Gasteiger charge is 2.17. The molecule has 0 heteroatoms. The van der Waals surface area contributed by atoms with Crippen LogP contribution in [0.2, 0.25) is 0 Å². The molecule has 1 saturated carbocycles. The van der Waals surface area contributed by atoms with Crippen molar-refractivity contribution in [2.24, 2.45) is 11.8 Å². The fourth-order valence-electron chi connectivity index (χ4n) is 2.17. The second-order valence-corrected chi connectivity index (χ2v) is 4.09. The molecule has 1 aliphatic carbocycles. The highest BCUT2D eigenvalue weighted by Crippen LogP contribution is 2.30. The van der Waals surface area contributed by atoms with Gasteiger partial charge < -0.3 is 0 Å². The van der Waals surface area contributed by atoms with Crippen LogP contribution in [0.1, 0.15) is 52.4 Å². The van der Waals surface area contributed by atoms with E-state index in [1.807, 2.05) is 0 Å². The van der Waals surface area contributed by atoms with E-state index in [4.69, 9.17) is 0 Å². The molecule has 1 rings (SSSR count). The first-order valence-corrected chi connectivity index (χ1v) is 5.51. The van der Waals surface area contributed by atoms with Gasteiger partial charge in [0.1, 0.15) is 0 Å². The van der Waals surface area contributed by atoms with Crippen LogP contribution in [0, 0.1) is 11.8 Å². The molecule has 0 aromatic rings. The monoisotopic (exact) mass is 166 g/mol. The van der Waals surface area contributed by atoms with Gasteiger partial charge in [0.15, 0.2) is 0 Å². The first-order chi connectivity index (χ1) is 5.84. The molecule has 0 aromatic carbocycles. The van der Waals surface area contributed by atoms with Crippen molar-refractivity contribution < 1.29 is 0 Å².